The standard InChI is InChI=1S/C45H36N2/c1-35-13-11-12-20-45(35)47(44-33-27-39(28-34-44)38-14-5-2-6-15-38)43-31-25-37(26-32-43)22-21-36-23-29-42(30-24-36)46(40-16-7-3-8-17-40)41-18-9-4-10-19-41/h2-34H,1H3/b22-21+. The fourth-order valence-corrected chi connectivity index (χ4v) is 5.94. The topological polar surface area (TPSA) is 6.48 Å². The van der Waals surface area contributed by atoms with Gasteiger partial charge in [-0.2, -0.15) is 0 Å². The van der Waals surface area contributed by atoms with E-state index in [1.165, 1.54) is 22.4 Å². The average molecular weight is 605 g/mol. The first-order valence-electron chi connectivity index (χ1n) is 16.0. The Hall–Kier alpha value is -6.12. The fourth-order valence-electron chi connectivity index (χ4n) is 5.94. The Morgan fingerprint density at radius 1 is 0.319 bits per heavy atom. The summed E-state index contributed by atoms with van der Waals surface area (Å²) < 4.78 is 0. The lowest BCUT2D eigenvalue weighted by Gasteiger charge is -2.27. The molecule has 0 bridgehead atoms. The van der Waals surface area contributed by atoms with Crippen molar-refractivity contribution in [1.29, 1.82) is 0 Å². The zero-order chi connectivity index (χ0) is 31.8. The number of aryl methyl sites for hydroxylation is 1. The maximum absolute atomic E-state index is 2.33. The lowest BCUT2D eigenvalue weighted by Crippen LogP contribution is -2.11. The Labute approximate surface area is 278 Å². The molecule has 226 valence electrons. The molecule has 0 saturated carbocycles. The predicted octanol–water partition coefficient (Wildman–Crippen LogP) is 12.8. The molecule has 7 aromatic carbocycles. The Bertz CT molecular complexity index is 2010. The van der Waals surface area contributed by atoms with E-state index in [4.69, 9.17) is 0 Å². The number of hydrogen-bond acceptors (Lipinski definition) is 2. The number of nitrogens with zero attached hydrogens (tertiary/aromatic N) is 2. The first-order valence-corrected chi connectivity index (χ1v) is 16.0. The first-order chi connectivity index (χ1) is 23.2. The van der Waals surface area contributed by atoms with Gasteiger partial charge in [-0.15, -0.1) is 0 Å². The molecule has 0 aliphatic rings. The Kier molecular flexibility index (Phi) is 8.74. The molecule has 0 heterocycles. The molecule has 0 saturated heterocycles. The molecule has 0 aliphatic carbocycles. The van der Waals surface area contributed by atoms with E-state index in [9.17, 15) is 0 Å². The molecule has 0 radical (unpaired) electrons. The molecule has 7 aromatic rings. The minimum atomic E-state index is 1.12. The van der Waals surface area contributed by atoms with Crippen LogP contribution in [-0.4, -0.2) is 0 Å². The van der Waals surface area contributed by atoms with Crippen molar-refractivity contribution in [2.75, 3.05) is 9.80 Å². The zero-order valence-corrected chi connectivity index (χ0v) is 26.4. The van der Waals surface area contributed by atoms with E-state index in [-0.39, 0.29) is 0 Å². The molecule has 7 rings (SSSR count). The van der Waals surface area contributed by atoms with Gasteiger partial charge in [0.2, 0.25) is 0 Å². The van der Waals surface area contributed by atoms with E-state index in [0.717, 1.165) is 39.6 Å². The summed E-state index contributed by atoms with van der Waals surface area (Å²) in [5.41, 5.74) is 12.8. The number of rotatable bonds is 9. The van der Waals surface area contributed by atoms with Crippen LogP contribution in [0.5, 0.6) is 0 Å². The molecule has 2 heteroatoms. The Morgan fingerprint density at radius 3 is 1.17 bits per heavy atom. The molecule has 2 nitrogen and oxygen atoms in total. The van der Waals surface area contributed by atoms with E-state index in [0.29, 0.717) is 0 Å². The molecule has 0 amide bonds. The smallest absolute Gasteiger partial charge is 0.0490 e. The van der Waals surface area contributed by atoms with Crippen LogP contribution in [0.1, 0.15) is 16.7 Å². The van der Waals surface area contributed by atoms with Gasteiger partial charge in [0.1, 0.15) is 0 Å². The molecule has 0 aliphatic heterocycles. The summed E-state index contributed by atoms with van der Waals surface area (Å²) in [4.78, 5) is 4.61. The highest BCUT2D eigenvalue weighted by Crippen LogP contribution is 2.38. The van der Waals surface area contributed by atoms with Crippen LogP contribution in [0.2, 0.25) is 0 Å². The van der Waals surface area contributed by atoms with Crippen LogP contribution in [-0.2, 0) is 0 Å². The number of hydrogen-bond donors (Lipinski definition) is 0. The summed E-state index contributed by atoms with van der Waals surface area (Å²) in [7, 11) is 0. The molecule has 0 unspecified atom stereocenters. The van der Waals surface area contributed by atoms with Crippen LogP contribution in [0.25, 0.3) is 23.3 Å². The van der Waals surface area contributed by atoms with Gasteiger partial charge in [-0.1, -0.05) is 133 Å². The Balaban J connectivity index is 1.13. The second-order valence-electron chi connectivity index (χ2n) is 11.6. The van der Waals surface area contributed by atoms with E-state index in [1.54, 1.807) is 0 Å². The minimum Gasteiger partial charge on any atom is -0.311 e. The van der Waals surface area contributed by atoms with Crippen LogP contribution in [0.3, 0.4) is 0 Å². The third kappa shape index (κ3) is 6.78. The summed E-state index contributed by atoms with van der Waals surface area (Å²) >= 11 is 0. The van der Waals surface area contributed by atoms with Crippen molar-refractivity contribution in [3.05, 3.63) is 205 Å². The number of para-hydroxylation sites is 3. The van der Waals surface area contributed by atoms with Gasteiger partial charge >= 0.3 is 0 Å². The predicted molar refractivity (Wildman–Crippen MR) is 201 cm³/mol. The van der Waals surface area contributed by atoms with Crippen molar-refractivity contribution in [2.24, 2.45) is 0 Å². The van der Waals surface area contributed by atoms with Gasteiger partial charge in [0.25, 0.3) is 0 Å². The monoisotopic (exact) mass is 604 g/mol. The van der Waals surface area contributed by atoms with Gasteiger partial charge in [-0.3, -0.25) is 0 Å². The van der Waals surface area contributed by atoms with Crippen molar-refractivity contribution in [3.8, 4) is 11.1 Å². The SMILES string of the molecule is Cc1ccccc1N(c1ccc(/C=C/c2ccc(N(c3ccccc3)c3ccccc3)cc2)cc1)c1ccc(-c2ccccc2)cc1. The maximum atomic E-state index is 2.33. The molecule has 0 fully saturated rings. The zero-order valence-electron chi connectivity index (χ0n) is 26.4. The van der Waals surface area contributed by atoms with Gasteiger partial charge in [-0.05, 0) is 101 Å². The van der Waals surface area contributed by atoms with Crippen LogP contribution in [0.15, 0.2) is 188 Å². The van der Waals surface area contributed by atoms with Gasteiger partial charge in [0.05, 0.1) is 0 Å². The summed E-state index contributed by atoms with van der Waals surface area (Å²) in [5.74, 6) is 0. The summed E-state index contributed by atoms with van der Waals surface area (Å²) in [6.45, 7) is 2.17. The van der Waals surface area contributed by atoms with E-state index in [1.807, 2.05) is 0 Å². The second-order valence-corrected chi connectivity index (χ2v) is 11.6. The van der Waals surface area contributed by atoms with Crippen LogP contribution >= 0.6 is 0 Å². The third-order valence-electron chi connectivity index (χ3n) is 8.39. The highest BCUT2D eigenvalue weighted by Gasteiger charge is 2.15. The summed E-state index contributed by atoms with van der Waals surface area (Å²) in [6.07, 6.45) is 4.35. The van der Waals surface area contributed by atoms with Gasteiger partial charge in [0.15, 0.2) is 0 Å². The largest absolute Gasteiger partial charge is 0.311 e. The lowest BCUT2D eigenvalue weighted by molar-refractivity contribution is 1.25. The molecular formula is C45H36N2. The average Bonchev–Trinajstić information content (AvgIpc) is 3.14. The molecule has 47 heavy (non-hydrogen) atoms. The molecule has 0 spiro atoms. The van der Waals surface area contributed by atoms with Crippen molar-refractivity contribution >= 4 is 46.3 Å². The lowest BCUT2D eigenvalue weighted by atomic mass is 10.0. The van der Waals surface area contributed by atoms with Gasteiger partial charge < -0.3 is 9.80 Å². The van der Waals surface area contributed by atoms with Crippen molar-refractivity contribution in [2.45, 2.75) is 6.92 Å². The van der Waals surface area contributed by atoms with E-state index < -0.39 is 0 Å². The molecule has 0 aromatic heterocycles. The number of benzene rings is 7. The van der Waals surface area contributed by atoms with Crippen LogP contribution in [0, 0.1) is 6.92 Å². The first kappa shape index (κ1) is 29.6. The van der Waals surface area contributed by atoms with Crippen molar-refractivity contribution in [3.63, 3.8) is 0 Å². The fraction of sp³-hybridized carbons (Fsp3) is 0.0222. The van der Waals surface area contributed by atoms with Crippen LogP contribution < -0.4 is 9.80 Å². The minimum absolute atomic E-state index is 1.12. The van der Waals surface area contributed by atoms with E-state index in [2.05, 4.69) is 217 Å². The molecular weight excluding hydrogens is 569 g/mol. The Morgan fingerprint density at radius 2 is 0.681 bits per heavy atom. The highest BCUT2D eigenvalue weighted by molar-refractivity contribution is 5.81. The molecule has 0 N–H and O–H groups in total. The van der Waals surface area contributed by atoms with Crippen LogP contribution in [0.4, 0.5) is 34.1 Å². The van der Waals surface area contributed by atoms with Gasteiger partial charge in [0, 0.05) is 34.1 Å². The number of anilines is 6. The third-order valence-corrected chi connectivity index (χ3v) is 8.39. The summed E-state index contributed by atoms with van der Waals surface area (Å²) in [5, 5.41) is 0. The quantitative estimate of drug-likeness (QED) is 0.151. The second kappa shape index (κ2) is 13.9. The van der Waals surface area contributed by atoms with Gasteiger partial charge in [-0.25, -0.2) is 0 Å². The van der Waals surface area contributed by atoms with Crippen molar-refractivity contribution in [1.82, 2.24) is 0 Å². The normalized spacial score (nSPS) is 11.0. The highest BCUT2D eigenvalue weighted by atomic mass is 15.1. The van der Waals surface area contributed by atoms with E-state index >= 15 is 0 Å². The van der Waals surface area contributed by atoms with Crippen molar-refractivity contribution < 1.29 is 0 Å². The maximum Gasteiger partial charge on any atom is 0.0490 e. The summed E-state index contributed by atoms with van der Waals surface area (Å²) in [6, 6.07) is 66.4. The molecule has 0 atom stereocenters.